The lowest BCUT2D eigenvalue weighted by Gasteiger charge is -2.26. The largest absolute Gasteiger partial charge is 0.490 e. The van der Waals surface area contributed by atoms with Crippen molar-refractivity contribution in [3.8, 4) is 11.5 Å². The van der Waals surface area contributed by atoms with E-state index < -0.39 is 17.8 Å². The molecule has 10 heteroatoms. The van der Waals surface area contributed by atoms with Gasteiger partial charge in [0, 0.05) is 26.2 Å². The predicted molar refractivity (Wildman–Crippen MR) is 153 cm³/mol. The molecule has 1 saturated heterocycles. The van der Waals surface area contributed by atoms with Crippen LogP contribution in [0.3, 0.4) is 0 Å². The number of anilines is 1. The van der Waals surface area contributed by atoms with E-state index in [9.17, 15) is 14.4 Å². The van der Waals surface area contributed by atoms with Crippen molar-refractivity contribution in [3.63, 3.8) is 0 Å². The number of amides is 4. The summed E-state index contributed by atoms with van der Waals surface area (Å²) < 4.78 is 12.0. The third kappa shape index (κ3) is 6.45. The summed E-state index contributed by atoms with van der Waals surface area (Å²) in [6.07, 6.45) is 3.52. The molecule has 0 bridgehead atoms. The highest BCUT2D eigenvalue weighted by molar-refractivity contribution is 6.39. The predicted octanol–water partition coefficient (Wildman–Crippen LogP) is 7.02. The number of imide groups is 2. The maximum Gasteiger partial charge on any atom is 0.335 e. The van der Waals surface area contributed by atoms with Gasteiger partial charge in [-0.15, -0.1) is 6.58 Å². The molecule has 3 aromatic carbocycles. The van der Waals surface area contributed by atoms with E-state index in [0.717, 1.165) is 10.5 Å². The fourth-order valence-corrected chi connectivity index (χ4v) is 4.53. The molecule has 1 fully saturated rings. The van der Waals surface area contributed by atoms with E-state index in [-0.39, 0.29) is 17.9 Å². The molecule has 0 aliphatic carbocycles. The first-order valence-corrected chi connectivity index (χ1v) is 13.0. The second-order valence-corrected chi connectivity index (χ2v) is 9.67. The topological polar surface area (TPSA) is 84.9 Å². The summed E-state index contributed by atoms with van der Waals surface area (Å²) in [6, 6.07) is 13.8. The molecule has 39 heavy (non-hydrogen) atoms. The van der Waals surface area contributed by atoms with Crippen LogP contribution in [-0.4, -0.2) is 24.5 Å². The average Bonchev–Trinajstić information content (AvgIpc) is 2.88. The van der Waals surface area contributed by atoms with Crippen molar-refractivity contribution in [2.75, 3.05) is 11.5 Å². The monoisotopic (exact) mass is 584 g/mol. The molecule has 0 atom stereocenters. The van der Waals surface area contributed by atoms with E-state index in [0.29, 0.717) is 50.7 Å². The Balaban J connectivity index is 1.72. The van der Waals surface area contributed by atoms with Gasteiger partial charge in [-0.05, 0) is 73.5 Å². The summed E-state index contributed by atoms with van der Waals surface area (Å²) in [5, 5.41) is 3.63. The quantitative estimate of drug-likeness (QED) is 0.166. The first-order chi connectivity index (χ1) is 18.7. The minimum absolute atomic E-state index is 0.152. The molecule has 0 unspecified atom stereocenters. The van der Waals surface area contributed by atoms with Crippen LogP contribution in [0.15, 0.2) is 72.8 Å². The molecule has 1 N–H and O–H groups in total. The Kier molecular flexibility index (Phi) is 8.97. The highest BCUT2D eigenvalue weighted by Crippen LogP contribution is 2.36. The first-order valence-electron chi connectivity index (χ1n) is 11.9. The number of carbonyl (C=O) groups excluding carboxylic acids is 3. The van der Waals surface area contributed by atoms with E-state index in [2.05, 4.69) is 11.9 Å². The Morgan fingerprint density at radius 3 is 2.31 bits per heavy atom. The van der Waals surface area contributed by atoms with E-state index in [1.165, 1.54) is 18.2 Å². The smallest absolute Gasteiger partial charge is 0.335 e. The van der Waals surface area contributed by atoms with Crippen molar-refractivity contribution in [2.45, 2.75) is 20.0 Å². The number of ether oxygens (including phenoxy) is 2. The number of carbonyl (C=O) groups is 3. The van der Waals surface area contributed by atoms with E-state index in [4.69, 9.17) is 44.3 Å². The highest BCUT2D eigenvalue weighted by atomic mass is 35.5. The van der Waals surface area contributed by atoms with Crippen molar-refractivity contribution in [3.05, 3.63) is 105 Å². The zero-order valence-electron chi connectivity index (χ0n) is 20.8. The summed E-state index contributed by atoms with van der Waals surface area (Å²) >= 11 is 18.2. The zero-order chi connectivity index (χ0) is 28.1. The summed E-state index contributed by atoms with van der Waals surface area (Å²) in [4.78, 5) is 39.4. The second-order valence-electron chi connectivity index (χ2n) is 8.39. The number of nitrogens with one attached hydrogen (secondary N) is 1. The third-order valence-electron chi connectivity index (χ3n) is 5.70. The number of allylic oxidation sites excluding steroid dienone is 1. The Hall–Kier alpha value is -3.78. The first kappa shape index (κ1) is 28.2. The van der Waals surface area contributed by atoms with Gasteiger partial charge in [0.15, 0.2) is 11.5 Å². The maximum absolute atomic E-state index is 13.3. The molecule has 200 valence electrons. The zero-order valence-corrected chi connectivity index (χ0v) is 23.1. The lowest BCUT2D eigenvalue weighted by molar-refractivity contribution is -0.122. The molecule has 3 aromatic rings. The minimum Gasteiger partial charge on any atom is -0.490 e. The van der Waals surface area contributed by atoms with Gasteiger partial charge in [0.1, 0.15) is 12.2 Å². The molecule has 4 amide bonds. The van der Waals surface area contributed by atoms with E-state index in [1.54, 1.807) is 48.5 Å². The molecule has 1 heterocycles. The third-order valence-corrected chi connectivity index (χ3v) is 6.54. The molecule has 0 spiro atoms. The SMILES string of the molecule is C=CCc1cc(/C=C2\C(=O)NC(=O)N(c3ccc(Cl)cc3)C2=O)cc(OCC)c1OCc1ccc(Cl)cc1Cl. The van der Waals surface area contributed by atoms with Crippen LogP contribution < -0.4 is 19.7 Å². The van der Waals surface area contributed by atoms with Crippen molar-refractivity contribution in [1.82, 2.24) is 5.32 Å². The molecule has 4 rings (SSSR count). The number of barbiturate groups is 1. The van der Waals surface area contributed by atoms with Crippen LogP contribution in [0.1, 0.15) is 23.6 Å². The van der Waals surface area contributed by atoms with Crippen LogP contribution in [0.2, 0.25) is 15.1 Å². The Morgan fingerprint density at radius 1 is 0.923 bits per heavy atom. The van der Waals surface area contributed by atoms with Gasteiger partial charge < -0.3 is 9.47 Å². The van der Waals surface area contributed by atoms with Crippen LogP contribution in [0.25, 0.3) is 6.08 Å². The number of benzene rings is 3. The number of hydrogen-bond acceptors (Lipinski definition) is 5. The fraction of sp³-hybridized carbons (Fsp3) is 0.138. The van der Waals surface area contributed by atoms with Gasteiger partial charge in [0.2, 0.25) is 0 Å². The number of urea groups is 1. The van der Waals surface area contributed by atoms with Crippen molar-refractivity contribution < 1.29 is 23.9 Å². The highest BCUT2D eigenvalue weighted by Gasteiger charge is 2.36. The van der Waals surface area contributed by atoms with Crippen LogP contribution in [0.4, 0.5) is 10.5 Å². The number of nitrogens with zero attached hydrogens (tertiary/aromatic N) is 1. The summed E-state index contributed by atoms with van der Waals surface area (Å²) in [5.74, 6) is -0.700. The maximum atomic E-state index is 13.3. The van der Waals surface area contributed by atoms with Gasteiger partial charge in [-0.2, -0.15) is 0 Å². The van der Waals surface area contributed by atoms with Gasteiger partial charge >= 0.3 is 6.03 Å². The van der Waals surface area contributed by atoms with Crippen molar-refractivity contribution >= 4 is 64.4 Å². The minimum atomic E-state index is -0.851. The molecular formula is C29H23Cl3N2O5. The lowest BCUT2D eigenvalue weighted by atomic mass is 10.0. The molecule has 7 nitrogen and oxygen atoms in total. The second kappa shape index (κ2) is 12.4. The van der Waals surface area contributed by atoms with Gasteiger partial charge in [0.25, 0.3) is 11.8 Å². The van der Waals surface area contributed by atoms with Gasteiger partial charge in [-0.1, -0.05) is 46.9 Å². The summed E-state index contributed by atoms with van der Waals surface area (Å²) in [5.41, 5.74) is 1.99. The standard InChI is InChI=1S/C29H23Cl3N2O5/c1-3-5-18-12-17(14-25(38-4-2)26(18)39-16-19-6-7-21(31)15-24(19)32)13-23-27(35)33-29(37)34(28(23)36)22-10-8-20(30)9-11-22/h3,6-15H,1,4-5,16H2,2H3,(H,33,35,37)/b23-13+. The van der Waals surface area contributed by atoms with Crippen LogP contribution in [-0.2, 0) is 22.6 Å². The van der Waals surface area contributed by atoms with Crippen LogP contribution >= 0.6 is 34.8 Å². The fourth-order valence-electron chi connectivity index (χ4n) is 3.94. The molecule has 1 aliphatic heterocycles. The number of rotatable bonds is 9. The van der Waals surface area contributed by atoms with E-state index >= 15 is 0 Å². The lowest BCUT2D eigenvalue weighted by Crippen LogP contribution is -2.54. The summed E-state index contributed by atoms with van der Waals surface area (Å²) in [6.45, 7) is 6.14. The van der Waals surface area contributed by atoms with Crippen LogP contribution in [0, 0.1) is 0 Å². The van der Waals surface area contributed by atoms with Gasteiger partial charge in [-0.3, -0.25) is 14.9 Å². The molecule has 1 aliphatic rings. The normalized spacial score (nSPS) is 14.4. The molecule has 0 aromatic heterocycles. The van der Waals surface area contributed by atoms with Crippen molar-refractivity contribution in [1.29, 1.82) is 0 Å². The molecular weight excluding hydrogens is 563 g/mol. The van der Waals surface area contributed by atoms with Crippen LogP contribution in [0.5, 0.6) is 11.5 Å². The Morgan fingerprint density at radius 2 is 1.64 bits per heavy atom. The van der Waals surface area contributed by atoms with Crippen molar-refractivity contribution in [2.24, 2.45) is 0 Å². The van der Waals surface area contributed by atoms with E-state index in [1.807, 2.05) is 6.92 Å². The Bertz CT molecular complexity index is 1480. The Labute approximate surface area is 240 Å². The average molecular weight is 586 g/mol. The number of hydrogen-bond donors (Lipinski definition) is 1. The molecule has 0 radical (unpaired) electrons. The van der Waals surface area contributed by atoms with Gasteiger partial charge in [-0.25, -0.2) is 9.69 Å². The van der Waals surface area contributed by atoms with Gasteiger partial charge in [0.05, 0.1) is 12.3 Å². The molecule has 0 saturated carbocycles. The number of halogens is 3. The summed E-state index contributed by atoms with van der Waals surface area (Å²) in [7, 11) is 0.